The van der Waals surface area contributed by atoms with Gasteiger partial charge in [0.1, 0.15) is 17.8 Å². The largest absolute Gasteiger partial charge is 0.444 e. The number of ether oxygens (including phenoxy) is 1. The molecule has 0 bridgehead atoms. The molecule has 0 aromatic heterocycles. The highest BCUT2D eigenvalue weighted by atomic mass is 16.6. The van der Waals surface area contributed by atoms with E-state index >= 15 is 0 Å². The highest BCUT2D eigenvalue weighted by molar-refractivity contribution is 5.67. The van der Waals surface area contributed by atoms with Crippen LogP contribution < -0.4 is 10.6 Å². The zero-order valence-corrected chi connectivity index (χ0v) is 13.6. The summed E-state index contributed by atoms with van der Waals surface area (Å²) >= 11 is 0. The van der Waals surface area contributed by atoms with Crippen LogP contribution in [0.15, 0.2) is 24.3 Å². The molecule has 6 nitrogen and oxygen atoms in total. The molecular formula is C16H26N2O4. The van der Waals surface area contributed by atoms with Crippen LogP contribution in [0.25, 0.3) is 0 Å². The molecule has 2 atom stereocenters. The van der Waals surface area contributed by atoms with Gasteiger partial charge in [0, 0.05) is 13.1 Å². The summed E-state index contributed by atoms with van der Waals surface area (Å²) in [5.41, 5.74) is 1.01. The number of carbonyl (C=O) groups excluding carboxylic acids is 1. The Morgan fingerprint density at radius 3 is 2.59 bits per heavy atom. The zero-order chi connectivity index (χ0) is 16.8. The van der Waals surface area contributed by atoms with Gasteiger partial charge in [0.15, 0.2) is 0 Å². The van der Waals surface area contributed by atoms with Gasteiger partial charge in [-0.15, -0.1) is 0 Å². The van der Waals surface area contributed by atoms with E-state index in [0.717, 1.165) is 5.56 Å². The summed E-state index contributed by atoms with van der Waals surface area (Å²) in [6.07, 6.45) is -2.81. The maximum absolute atomic E-state index is 11.5. The van der Waals surface area contributed by atoms with Crippen molar-refractivity contribution < 1.29 is 19.7 Å². The second-order valence-electron chi connectivity index (χ2n) is 6.17. The van der Waals surface area contributed by atoms with Crippen molar-refractivity contribution in [2.45, 2.75) is 45.1 Å². The smallest absolute Gasteiger partial charge is 0.407 e. The molecule has 0 aliphatic carbocycles. The fourth-order valence-corrected chi connectivity index (χ4v) is 1.93. The lowest BCUT2D eigenvalue weighted by Gasteiger charge is -2.22. The standard InChI is InChI=1S/C16H26N2O4/c1-16(2,3)22-15(21)18-10-13(19)14(20)12-7-5-6-11(8-12)9-17-4/h5-8,13-14,17,19-20H,9-10H2,1-4H3,(H,18,21). The van der Waals surface area contributed by atoms with Gasteiger partial charge in [0.05, 0.1) is 0 Å². The third-order valence-electron chi connectivity index (χ3n) is 2.89. The monoisotopic (exact) mass is 310 g/mol. The van der Waals surface area contributed by atoms with Gasteiger partial charge in [-0.2, -0.15) is 0 Å². The van der Waals surface area contributed by atoms with E-state index in [1.165, 1.54) is 0 Å². The Morgan fingerprint density at radius 2 is 2.00 bits per heavy atom. The van der Waals surface area contributed by atoms with Crippen LogP contribution in [0.3, 0.4) is 0 Å². The van der Waals surface area contributed by atoms with Crippen molar-refractivity contribution in [3.63, 3.8) is 0 Å². The summed E-state index contributed by atoms with van der Waals surface area (Å²) in [5.74, 6) is 0. The second kappa shape index (κ2) is 8.12. The Hall–Kier alpha value is -1.63. The maximum Gasteiger partial charge on any atom is 0.407 e. The van der Waals surface area contributed by atoms with Crippen molar-refractivity contribution in [2.75, 3.05) is 13.6 Å². The first-order valence-corrected chi connectivity index (χ1v) is 7.29. The maximum atomic E-state index is 11.5. The number of aliphatic hydroxyl groups is 2. The van der Waals surface area contributed by atoms with Crippen LogP contribution in [-0.4, -0.2) is 41.6 Å². The first-order valence-electron chi connectivity index (χ1n) is 7.29. The topological polar surface area (TPSA) is 90.8 Å². The molecule has 124 valence electrons. The summed E-state index contributed by atoms with van der Waals surface area (Å²) in [6.45, 7) is 5.85. The summed E-state index contributed by atoms with van der Waals surface area (Å²) in [7, 11) is 1.84. The lowest BCUT2D eigenvalue weighted by Crippen LogP contribution is -2.38. The van der Waals surface area contributed by atoms with Gasteiger partial charge >= 0.3 is 6.09 Å². The molecule has 0 heterocycles. The van der Waals surface area contributed by atoms with Gasteiger partial charge < -0.3 is 25.6 Å². The van der Waals surface area contributed by atoms with Crippen LogP contribution in [-0.2, 0) is 11.3 Å². The summed E-state index contributed by atoms with van der Waals surface area (Å²) in [6, 6.07) is 7.30. The van der Waals surface area contributed by atoms with E-state index in [2.05, 4.69) is 10.6 Å². The highest BCUT2D eigenvalue weighted by Gasteiger charge is 2.21. The molecule has 0 fully saturated rings. The molecule has 1 aromatic carbocycles. The van der Waals surface area contributed by atoms with Crippen LogP contribution in [0.1, 0.15) is 38.0 Å². The number of hydrogen-bond acceptors (Lipinski definition) is 5. The third kappa shape index (κ3) is 6.43. The van der Waals surface area contributed by atoms with Gasteiger partial charge in [0.25, 0.3) is 0 Å². The van der Waals surface area contributed by atoms with Crippen molar-refractivity contribution in [1.29, 1.82) is 0 Å². The van der Waals surface area contributed by atoms with Gasteiger partial charge in [-0.3, -0.25) is 0 Å². The van der Waals surface area contributed by atoms with E-state index in [9.17, 15) is 15.0 Å². The quantitative estimate of drug-likeness (QED) is 0.636. The summed E-state index contributed by atoms with van der Waals surface area (Å²) < 4.78 is 5.07. The molecule has 0 spiro atoms. The second-order valence-corrected chi connectivity index (χ2v) is 6.17. The SMILES string of the molecule is CNCc1cccc(C(O)C(O)CNC(=O)OC(C)(C)C)c1. The Kier molecular flexibility index (Phi) is 6.80. The number of alkyl carbamates (subject to hydrolysis) is 1. The lowest BCUT2D eigenvalue weighted by molar-refractivity contribution is 0.0129. The number of benzene rings is 1. The first-order chi connectivity index (χ1) is 10.2. The van der Waals surface area contributed by atoms with Gasteiger partial charge in [-0.25, -0.2) is 4.79 Å². The first kappa shape index (κ1) is 18.4. The molecule has 0 saturated heterocycles. The highest BCUT2D eigenvalue weighted by Crippen LogP contribution is 2.18. The van der Waals surface area contributed by atoms with Crippen molar-refractivity contribution in [3.05, 3.63) is 35.4 Å². The molecule has 1 amide bonds. The fraction of sp³-hybridized carbons (Fsp3) is 0.562. The zero-order valence-electron chi connectivity index (χ0n) is 13.6. The van der Waals surface area contributed by atoms with Gasteiger partial charge in [-0.05, 0) is 38.9 Å². The van der Waals surface area contributed by atoms with Crippen LogP contribution in [0.2, 0.25) is 0 Å². The Balaban J connectivity index is 2.56. The Morgan fingerprint density at radius 1 is 1.32 bits per heavy atom. The van der Waals surface area contributed by atoms with Crippen LogP contribution >= 0.6 is 0 Å². The molecule has 2 unspecified atom stereocenters. The molecular weight excluding hydrogens is 284 g/mol. The predicted octanol–water partition coefficient (Wildman–Crippen LogP) is 1.32. The van der Waals surface area contributed by atoms with E-state index < -0.39 is 23.9 Å². The van der Waals surface area contributed by atoms with E-state index in [4.69, 9.17) is 4.74 Å². The molecule has 22 heavy (non-hydrogen) atoms. The molecule has 0 saturated carbocycles. The van der Waals surface area contributed by atoms with Crippen molar-refractivity contribution in [3.8, 4) is 0 Å². The minimum absolute atomic E-state index is 0.0909. The Labute approximate surface area is 131 Å². The third-order valence-corrected chi connectivity index (χ3v) is 2.89. The fourth-order valence-electron chi connectivity index (χ4n) is 1.93. The number of carbonyl (C=O) groups is 1. The van der Waals surface area contributed by atoms with E-state index in [1.807, 2.05) is 25.2 Å². The van der Waals surface area contributed by atoms with Crippen LogP contribution in [0, 0.1) is 0 Å². The number of nitrogens with one attached hydrogen (secondary N) is 2. The van der Waals surface area contributed by atoms with Gasteiger partial charge in [-0.1, -0.05) is 24.3 Å². The van der Waals surface area contributed by atoms with Crippen molar-refractivity contribution in [2.24, 2.45) is 0 Å². The number of rotatable bonds is 6. The number of hydrogen-bond donors (Lipinski definition) is 4. The lowest BCUT2D eigenvalue weighted by atomic mass is 10.0. The molecule has 0 aliphatic rings. The average molecular weight is 310 g/mol. The van der Waals surface area contributed by atoms with E-state index in [0.29, 0.717) is 12.1 Å². The normalized spacial score (nSPS) is 14.3. The van der Waals surface area contributed by atoms with E-state index in [1.54, 1.807) is 26.8 Å². The molecule has 0 aliphatic heterocycles. The molecule has 4 N–H and O–H groups in total. The van der Waals surface area contributed by atoms with Gasteiger partial charge in [0.2, 0.25) is 0 Å². The molecule has 6 heteroatoms. The average Bonchev–Trinajstić information content (AvgIpc) is 2.43. The molecule has 1 aromatic rings. The summed E-state index contributed by atoms with van der Waals surface area (Å²) in [5, 5.41) is 25.6. The molecule has 1 rings (SSSR count). The molecule has 0 radical (unpaired) electrons. The minimum Gasteiger partial charge on any atom is -0.444 e. The van der Waals surface area contributed by atoms with Crippen molar-refractivity contribution in [1.82, 2.24) is 10.6 Å². The number of amides is 1. The minimum atomic E-state index is -1.11. The Bertz CT molecular complexity index is 485. The number of aliphatic hydroxyl groups excluding tert-OH is 2. The van der Waals surface area contributed by atoms with Crippen molar-refractivity contribution >= 4 is 6.09 Å². The van der Waals surface area contributed by atoms with E-state index in [-0.39, 0.29) is 6.54 Å². The van der Waals surface area contributed by atoms with Crippen LogP contribution in [0.4, 0.5) is 4.79 Å². The summed E-state index contributed by atoms with van der Waals surface area (Å²) in [4.78, 5) is 11.5. The van der Waals surface area contributed by atoms with Crippen LogP contribution in [0.5, 0.6) is 0 Å². The predicted molar refractivity (Wildman–Crippen MR) is 84.4 cm³/mol.